The molecule has 21 heavy (non-hydrogen) atoms. The van der Waals surface area contributed by atoms with Gasteiger partial charge in [-0.3, -0.25) is 4.79 Å². The zero-order valence-corrected chi connectivity index (χ0v) is 14.1. The Kier molecular flexibility index (Phi) is 5.79. The SMILES string of the molecule is COC1(CC(=O)N[C@@H](C(=O)OC(C)(C)C)C(C)C)CCC1. The minimum Gasteiger partial charge on any atom is -0.458 e. The molecule has 5 nitrogen and oxygen atoms in total. The molecular formula is C16H29NO4. The minimum absolute atomic E-state index is 0.0244. The highest BCUT2D eigenvalue weighted by Gasteiger charge is 2.40. The highest BCUT2D eigenvalue weighted by molar-refractivity contribution is 5.85. The Bertz CT molecular complexity index is 375. The zero-order valence-electron chi connectivity index (χ0n) is 14.1. The third-order valence-electron chi connectivity index (χ3n) is 3.82. The van der Waals surface area contributed by atoms with Crippen LogP contribution in [0.25, 0.3) is 0 Å². The fourth-order valence-corrected chi connectivity index (χ4v) is 2.40. The standard InChI is InChI=1S/C16H29NO4/c1-11(2)13(14(19)21-15(3,4)5)17-12(18)10-16(20-6)8-7-9-16/h11,13H,7-10H2,1-6H3,(H,17,18)/t13-/m1/s1. The number of ether oxygens (including phenoxy) is 2. The largest absolute Gasteiger partial charge is 0.458 e. The van der Waals surface area contributed by atoms with Crippen molar-refractivity contribution in [2.45, 2.75) is 77.5 Å². The van der Waals surface area contributed by atoms with Crippen LogP contribution in [-0.2, 0) is 19.1 Å². The summed E-state index contributed by atoms with van der Waals surface area (Å²) in [6, 6.07) is -0.620. The molecule has 5 heteroatoms. The van der Waals surface area contributed by atoms with Crippen molar-refractivity contribution >= 4 is 11.9 Å². The molecule has 0 aromatic rings. The Balaban J connectivity index is 2.61. The van der Waals surface area contributed by atoms with Gasteiger partial charge in [0.1, 0.15) is 11.6 Å². The van der Waals surface area contributed by atoms with E-state index in [9.17, 15) is 9.59 Å². The van der Waals surface area contributed by atoms with Gasteiger partial charge in [-0.25, -0.2) is 4.79 Å². The molecule has 1 N–H and O–H groups in total. The molecule has 0 bridgehead atoms. The first kappa shape index (κ1) is 18.0. The van der Waals surface area contributed by atoms with Crippen molar-refractivity contribution in [3.63, 3.8) is 0 Å². The molecule has 0 aliphatic heterocycles. The molecule has 0 aromatic carbocycles. The van der Waals surface area contributed by atoms with Crippen LogP contribution in [0.5, 0.6) is 0 Å². The van der Waals surface area contributed by atoms with E-state index in [4.69, 9.17) is 9.47 Å². The van der Waals surface area contributed by atoms with Crippen molar-refractivity contribution in [2.24, 2.45) is 5.92 Å². The average Bonchev–Trinajstić information content (AvgIpc) is 2.28. The zero-order chi connectivity index (χ0) is 16.3. The molecule has 1 rings (SSSR count). The number of amides is 1. The van der Waals surface area contributed by atoms with Crippen LogP contribution >= 0.6 is 0 Å². The molecule has 1 aliphatic carbocycles. The molecule has 1 aliphatic rings. The summed E-state index contributed by atoms with van der Waals surface area (Å²) in [6.07, 6.45) is 3.18. The maximum absolute atomic E-state index is 12.2. The Labute approximate surface area is 127 Å². The van der Waals surface area contributed by atoms with E-state index in [0.29, 0.717) is 6.42 Å². The maximum atomic E-state index is 12.2. The Hall–Kier alpha value is -1.10. The van der Waals surface area contributed by atoms with Crippen molar-refractivity contribution < 1.29 is 19.1 Å². The summed E-state index contributed by atoms with van der Waals surface area (Å²) in [6.45, 7) is 9.24. The van der Waals surface area contributed by atoms with E-state index in [2.05, 4.69) is 5.32 Å². The van der Waals surface area contributed by atoms with Crippen molar-refractivity contribution in [3.8, 4) is 0 Å². The summed E-state index contributed by atoms with van der Waals surface area (Å²) in [5.74, 6) is -0.560. The Morgan fingerprint density at radius 2 is 1.81 bits per heavy atom. The van der Waals surface area contributed by atoms with E-state index < -0.39 is 11.6 Å². The molecule has 0 heterocycles. The number of esters is 1. The molecule has 1 saturated carbocycles. The van der Waals surface area contributed by atoms with E-state index in [1.54, 1.807) is 7.11 Å². The molecule has 0 spiro atoms. The lowest BCUT2D eigenvalue weighted by molar-refractivity contribution is -0.160. The molecule has 0 saturated heterocycles. The Morgan fingerprint density at radius 3 is 2.14 bits per heavy atom. The second-order valence-electron chi connectivity index (χ2n) is 7.24. The van der Waals surface area contributed by atoms with Gasteiger partial charge < -0.3 is 14.8 Å². The molecule has 0 unspecified atom stereocenters. The van der Waals surface area contributed by atoms with Gasteiger partial charge in [0.05, 0.1) is 12.0 Å². The van der Waals surface area contributed by atoms with Gasteiger partial charge in [0.25, 0.3) is 0 Å². The lowest BCUT2D eigenvalue weighted by Crippen LogP contribution is -2.50. The number of hydrogen-bond acceptors (Lipinski definition) is 4. The van der Waals surface area contributed by atoms with Gasteiger partial charge >= 0.3 is 5.97 Å². The van der Waals surface area contributed by atoms with Gasteiger partial charge in [0, 0.05) is 7.11 Å². The normalized spacial score (nSPS) is 18.8. The number of methoxy groups -OCH3 is 1. The third-order valence-corrected chi connectivity index (χ3v) is 3.82. The van der Waals surface area contributed by atoms with Crippen molar-refractivity contribution in [3.05, 3.63) is 0 Å². The lowest BCUT2D eigenvalue weighted by atomic mass is 9.77. The average molecular weight is 299 g/mol. The molecular weight excluding hydrogens is 270 g/mol. The minimum atomic E-state index is -0.620. The van der Waals surface area contributed by atoms with Crippen LogP contribution in [0.3, 0.4) is 0 Å². The van der Waals surface area contributed by atoms with Crippen LogP contribution in [0.1, 0.15) is 60.3 Å². The monoisotopic (exact) mass is 299 g/mol. The topological polar surface area (TPSA) is 64.6 Å². The fourth-order valence-electron chi connectivity index (χ4n) is 2.40. The van der Waals surface area contributed by atoms with E-state index >= 15 is 0 Å². The Morgan fingerprint density at radius 1 is 1.24 bits per heavy atom. The molecule has 1 fully saturated rings. The van der Waals surface area contributed by atoms with E-state index in [0.717, 1.165) is 19.3 Å². The summed E-state index contributed by atoms with van der Waals surface area (Å²) < 4.78 is 10.8. The first-order valence-electron chi connectivity index (χ1n) is 7.66. The van der Waals surface area contributed by atoms with Crippen LogP contribution in [0.4, 0.5) is 0 Å². The maximum Gasteiger partial charge on any atom is 0.329 e. The number of rotatable bonds is 6. The third kappa shape index (κ3) is 5.30. The highest BCUT2D eigenvalue weighted by atomic mass is 16.6. The second-order valence-corrected chi connectivity index (χ2v) is 7.24. The smallest absolute Gasteiger partial charge is 0.329 e. The highest BCUT2D eigenvalue weighted by Crippen LogP contribution is 2.37. The molecule has 1 atom stereocenters. The summed E-state index contributed by atoms with van der Waals surface area (Å²) >= 11 is 0. The summed E-state index contributed by atoms with van der Waals surface area (Å²) in [4.78, 5) is 24.4. The van der Waals surface area contributed by atoms with Crippen LogP contribution < -0.4 is 5.32 Å². The molecule has 0 aromatic heterocycles. The van der Waals surface area contributed by atoms with Gasteiger partial charge in [-0.2, -0.15) is 0 Å². The van der Waals surface area contributed by atoms with E-state index in [-0.39, 0.29) is 23.4 Å². The molecule has 1 amide bonds. The summed E-state index contributed by atoms with van der Waals surface area (Å²) in [5.41, 5.74) is -0.893. The van der Waals surface area contributed by atoms with Crippen molar-refractivity contribution in [1.82, 2.24) is 5.32 Å². The molecule has 0 radical (unpaired) electrons. The van der Waals surface area contributed by atoms with Gasteiger partial charge in [-0.1, -0.05) is 13.8 Å². The van der Waals surface area contributed by atoms with Crippen LogP contribution in [0.2, 0.25) is 0 Å². The van der Waals surface area contributed by atoms with Crippen LogP contribution in [0, 0.1) is 5.92 Å². The van der Waals surface area contributed by atoms with E-state index in [1.807, 2.05) is 34.6 Å². The number of hydrogen-bond donors (Lipinski definition) is 1. The first-order valence-corrected chi connectivity index (χ1v) is 7.66. The second kappa shape index (κ2) is 6.77. The summed E-state index contributed by atoms with van der Waals surface area (Å²) in [7, 11) is 1.64. The predicted octanol–water partition coefficient (Wildman–Crippen LogP) is 2.43. The fraction of sp³-hybridized carbons (Fsp3) is 0.875. The first-order chi connectivity index (χ1) is 9.58. The van der Waals surface area contributed by atoms with Crippen molar-refractivity contribution in [1.29, 1.82) is 0 Å². The number of nitrogens with one attached hydrogen (secondary N) is 1. The van der Waals surface area contributed by atoms with E-state index in [1.165, 1.54) is 0 Å². The van der Waals surface area contributed by atoms with Crippen LogP contribution in [-0.4, -0.2) is 36.2 Å². The summed E-state index contributed by atoms with van der Waals surface area (Å²) in [5, 5.41) is 2.80. The van der Waals surface area contributed by atoms with Gasteiger partial charge in [0.2, 0.25) is 5.91 Å². The quantitative estimate of drug-likeness (QED) is 0.765. The predicted molar refractivity (Wildman–Crippen MR) is 80.8 cm³/mol. The number of carbonyl (C=O) groups is 2. The lowest BCUT2D eigenvalue weighted by Gasteiger charge is -2.40. The number of carbonyl (C=O) groups excluding carboxylic acids is 2. The van der Waals surface area contributed by atoms with Gasteiger partial charge in [-0.05, 0) is 46.0 Å². The van der Waals surface area contributed by atoms with Gasteiger partial charge in [-0.15, -0.1) is 0 Å². The van der Waals surface area contributed by atoms with Crippen LogP contribution in [0.15, 0.2) is 0 Å². The van der Waals surface area contributed by atoms with Gasteiger partial charge in [0.15, 0.2) is 0 Å². The molecule has 122 valence electrons. The van der Waals surface area contributed by atoms with Crippen molar-refractivity contribution in [2.75, 3.05) is 7.11 Å².